The van der Waals surface area contributed by atoms with Gasteiger partial charge in [0.15, 0.2) is 0 Å². The third-order valence-electron chi connectivity index (χ3n) is 3.10. The van der Waals surface area contributed by atoms with Gasteiger partial charge in [-0.15, -0.1) is 0 Å². The Labute approximate surface area is 96.6 Å². The average molecular weight is 218 g/mol. The molecule has 3 heteroatoms. The molecule has 0 spiro atoms. The predicted octanol–water partition coefficient (Wildman–Crippen LogP) is 1.91. The summed E-state index contributed by atoms with van der Waals surface area (Å²) in [5.41, 5.74) is 7.41. The minimum Gasteiger partial charge on any atom is -0.489 e. The maximum Gasteiger partial charge on any atom is 0.144 e. The maximum absolute atomic E-state index is 5.73. The van der Waals surface area contributed by atoms with Gasteiger partial charge in [-0.3, -0.25) is 0 Å². The summed E-state index contributed by atoms with van der Waals surface area (Å²) in [6.45, 7) is 9.31. The molecule has 0 aliphatic carbocycles. The van der Waals surface area contributed by atoms with Crippen molar-refractivity contribution in [2.45, 2.75) is 18.9 Å². The normalized spacial score (nSPS) is 25.1. The summed E-state index contributed by atoms with van der Waals surface area (Å²) in [6, 6.07) is 0.509. The number of fused-ring (bicyclic) bond motifs is 1. The van der Waals surface area contributed by atoms with Crippen LogP contribution in [0.3, 0.4) is 0 Å². The molecule has 16 heavy (non-hydrogen) atoms. The Morgan fingerprint density at radius 1 is 1.50 bits per heavy atom. The Kier molecular flexibility index (Phi) is 3.04. The highest BCUT2D eigenvalue weighted by Gasteiger charge is 2.31. The van der Waals surface area contributed by atoms with Crippen molar-refractivity contribution in [3.8, 4) is 0 Å². The summed E-state index contributed by atoms with van der Waals surface area (Å²) >= 11 is 0. The molecule has 1 saturated heterocycles. The molecule has 2 heterocycles. The van der Waals surface area contributed by atoms with Gasteiger partial charge in [-0.2, -0.15) is 0 Å². The molecule has 86 valence electrons. The van der Waals surface area contributed by atoms with E-state index in [1.54, 1.807) is 6.08 Å². The molecule has 2 aliphatic rings. The number of rotatable bonds is 3. The standard InChI is InChI=1S/C13H18N2O/c1-3-10(14)8-13-12(4-2)15-7-5-6-11(15)9-16-13/h3-4,8,11H,1-2,5-7,9,14H2/b10-8+. The van der Waals surface area contributed by atoms with Crippen molar-refractivity contribution in [3.63, 3.8) is 0 Å². The van der Waals surface area contributed by atoms with E-state index >= 15 is 0 Å². The first-order valence-corrected chi connectivity index (χ1v) is 5.62. The Morgan fingerprint density at radius 2 is 2.31 bits per heavy atom. The van der Waals surface area contributed by atoms with Gasteiger partial charge in [0.2, 0.25) is 0 Å². The van der Waals surface area contributed by atoms with E-state index in [2.05, 4.69) is 18.1 Å². The third-order valence-corrected chi connectivity index (χ3v) is 3.10. The van der Waals surface area contributed by atoms with Crippen molar-refractivity contribution in [1.29, 1.82) is 0 Å². The number of hydrogen-bond donors (Lipinski definition) is 1. The van der Waals surface area contributed by atoms with Gasteiger partial charge in [0.25, 0.3) is 0 Å². The highest BCUT2D eigenvalue weighted by molar-refractivity contribution is 5.33. The molecule has 0 radical (unpaired) electrons. The van der Waals surface area contributed by atoms with E-state index in [0.717, 1.165) is 24.6 Å². The molecule has 1 fully saturated rings. The Hall–Kier alpha value is -1.64. The number of nitrogens with zero attached hydrogens (tertiary/aromatic N) is 1. The first kappa shape index (κ1) is 10.9. The molecule has 0 aromatic heterocycles. The minimum absolute atomic E-state index is 0.509. The van der Waals surface area contributed by atoms with E-state index in [4.69, 9.17) is 10.5 Å². The zero-order valence-electron chi connectivity index (χ0n) is 9.48. The van der Waals surface area contributed by atoms with Crippen LogP contribution in [0, 0.1) is 0 Å². The summed E-state index contributed by atoms with van der Waals surface area (Å²) in [4.78, 5) is 2.36. The fourth-order valence-corrected chi connectivity index (χ4v) is 2.27. The number of hydrogen-bond acceptors (Lipinski definition) is 3. The summed E-state index contributed by atoms with van der Waals surface area (Å²) in [5.74, 6) is 0.811. The fourth-order valence-electron chi connectivity index (χ4n) is 2.27. The van der Waals surface area contributed by atoms with Crippen molar-refractivity contribution in [2.24, 2.45) is 5.73 Å². The molecule has 1 unspecified atom stereocenters. The largest absolute Gasteiger partial charge is 0.489 e. The average Bonchev–Trinajstić information content (AvgIpc) is 2.76. The number of allylic oxidation sites excluding steroid dienone is 3. The fraction of sp³-hybridized carbons (Fsp3) is 0.385. The predicted molar refractivity (Wildman–Crippen MR) is 65.4 cm³/mol. The molecule has 2 aliphatic heterocycles. The van der Waals surface area contributed by atoms with Gasteiger partial charge in [-0.05, 0) is 25.0 Å². The zero-order chi connectivity index (χ0) is 11.5. The Balaban J connectivity index is 2.33. The van der Waals surface area contributed by atoms with Crippen LogP contribution >= 0.6 is 0 Å². The molecule has 0 bridgehead atoms. The molecule has 2 rings (SSSR count). The summed E-state index contributed by atoms with van der Waals surface area (Å²) < 4.78 is 5.73. The van der Waals surface area contributed by atoms with Crippen LogP contribution in [0.4, 0.5) is 0 Å². The molecule has 3 nitrogen and oxygen atoms in total. The van der Waals surface area contributed by atoms with Gasteiger partial charge in [0, 0.05) is 18.3 Å². The van der Waals surface area contributed by atoms with E-state index in [1.165, 1.54) is 12.8 Å². The van der Waals surface area contributed by atoms with Gasteiger partial charge in [0.05, 0.1) is 11.7 Å². The number of nitrogens with two attached hydrogens (primary N) is 1. The van der Waals surface area contributed by atoms with E-state index in [9.17, 15) is 0 Å². The summed E-state index contributed by atoms with van der Waals surface area (Å²) in [7, 11) is 0. The van der Waals surface area contributed by atoms with Crippen molar-refractivity contribution in [2.75, 3.05) is 13.2 Å². The smallest absolute Gasteiger partial charge is 0.144 e. The lowest BCUT2D eigenvalue weighted by molar-refractivity contribution is 0.111. The SMILES string of the molecule is C=CC1=C(/C=C(/N)C=C)OCC2CCCN12. The Bertz CT molecular complexity index is 368. The van der Waals surface area contributed by atoms with Crippen LogP contribution in [0.2, 0.25) is 0 Å². The monoisotopic (exact) mass is 218 g/mol. The van der Waals surface area contributed by atoms with Crippen molar-refractivity contribution >= 4 is 0 Å². The van der Waals surface area contributed by atoms with Gasteiger partial charge in [-0.25, -0.2) is 0 Å². The first-order valence-electron chi connectivity index (χ1n) is 5.62. The lowest BCUT2D eigenvalue weighted by atomic mass is 10.1. The number of ether oxygens (including phenoxy) is 1. The molecule has 1 atom stereocenters. The highest BCUT2D eigenvalue weighted by atomic mass is 16.5. The van der Waals surface area contributed by atoms with E-state index < -0.39 is 0 Å². The van der Waals surface area contributed by atoms with Crippen molar-refractivity contribution in [3.05, 3.63) is 48.5 Å². The van der Waals surface area contributed by atoms with E-state index in [0.29, 0.717) is 11.7 Å². The summed E-state index contributed by atoms with van der Waals surface area (Å²) in [5, 5.41) is 0. The maximum atomic E-state index is 5.73. The van der Waals surface area contributed by atoms with Crippen LogP contribution in [-0.2, 0) is 4.74 Å². The molecular formula is C13H18N2O. The second kappa shape index (κ2) is 4.47. The quantitative estimate of drug-likeness (QED) is 0.735. The molecule has 0 aromatic rings. The van der Waals surface area contributed by atoms with Crippen LogP contribution in [0.25, 0.3) is 0 Å². The van der Waals surface area contributed by atoms with Crippen LogP contribution in [-0.4, -0.2) is 24.1 Å². The Morgan fingerprint density at radius 3 is 3.00 bits per heavy atom. The summed E-state index contributed by atoms with van der Waals surface area (Å²) in [6.07, 6.45) is 7.70. The molecule has 0 saturated carbocycles. The second-order valence-electron chi connectivity index (χ2n) is 4.10. The van der Waals surface area contributed by atoms with Gasteiger partial charge < -0.3 is 15.4 Å². The molecule has 0 amide bonds. The van der Waals surface area contributed by atoms with E-state index in [-0.39, 0.29) is 0 Å². The van der Waals surface area contributed by atoms with Crippen LogP contribution in [0.5, 0.6) is 0 Å². The minimum atomic E-state index is 0.509. The first-order chi connectivity index (χ1) is 7.76. The lowest BCUT2D eigenvalue weighted by Crippen LogP contribution is -2.36. The molecular weight excluding hydrogens is 200 g/mol. The molecule has 2 N–H and O–H groups in total. The van der Waals surface area contributed by atoms with Gasteiger partial charge >= 0.3 is 0 Å². The van der Waals surface area contributed by atoms with Gasteiger partial charge in [0.1, 0.15) is 12.4 Å². The van der Waals surface area contributed by atoms with Crippen LogP contribution in [0.15, 0.2) is 48.5 Å². The second-order valence-corrected chi connectivity index (χ2v) is 4.10. The lowest BCUT2D eigenvalue weighted by Gasteiger charge is -2.33. The highest BCUT2D eigenvalue weighted by Crippen LogP contribution is 2.30. The van der Waals surface area contributed by atoms with Crippen molar-refractivity contribution in [1.82, 2.24) is 4.90 Å². The zero-order valence-corrected chi connectivity index (χ0v) is 9.48. The topological polar surface area (TPSA) is 38.5 Å². The van der Waals surface area contributed by atoms with Crippen molar-refractivity contribution < 1.29 is 4.74 Å². The van der Waals surface area contributed by atoms with Crippen LogP contribution in [0.1, 0.15) is 12.8 Å². The third kappa shape index (κ3) is 1.85. The molecule has 0 aromatic carbocycles. The van der Waals surface area contributed by atoms with Crippen LogP contribution < -0.4 is 5.73 Å². The van der Waals surface area contributed by atoms with E-state index in [1.807, 2.05) is 12.2 Å². The van der Waals surface area contributed by atoms with Gasteiger partial charge in [-0.1, -0.05) is 13.2 Å².